The van der Waals surface area contributed by atoms with Crippen LogP contribution in [0.3, 0.4) is 0 Å². The second-order valence-electron chi connectivity index (χ2n) is 8.46. The predicted molar refractivity (Wildman–Crippen MR) is 112 cm³/mol. The lowest BCUT2D eigenvalue weighted by molar-refractivity contribution is 0.0138. The Balaban J connectivity index is 1.43. The van der Waals surface area contributed by atoms with Crippen LogP contribution < -0.4 is 5.73 Å². The van der Waals surface area contributed by atoms with Gasteiger partial charge in [0.25, 0.3) is 0 Å². The first-order chi connectivity index (χ1) is 13.2. The van der Waals surface area contributed by atoms with Crippen molar-refractivity contribution in [1.82, 2.24) is 14.8 Å². The number of hydrogen-bond donors (Lipinski definition) is 1. The molecule has 0 aliphatic carbocycles. The Morgan fingerprint density at radius 2 is 1.85 bits per heavy atom. The third-order valence-corrected chi connectivity index (χ3v) is 6.67. The Labute approximate surface area is 163 Å². The molecule has 27 heavy (non-hydrogen) atoms. The molecule has 1 atom stereocenters. The molecule has 0 unspecified atom stereocenters. The molecule has 4 heteroatoms. The molecule has 0 saturated carbocycles. The number of aromatic nitrogens is 1. The number of nitrogens with two attached hydrogens (primary N) is 1. The van der Waals surface area contributed by atoms with Crippen LogP contribution in [0.25, 0.3) is 0 Å². The molecule has 0 amide bonds. The van der Waals surface area contributed by atoms with Gasteiger partial charge >= 0.3 is 0 Å². The van der Waals surface area contributed by atoms with Gasteiger partial charge in [-0.15, -0.1) is 0 Å². The molecule has 2 fully saturated rings. The first-order valence-corrected chi connectivity index (χ1v) is 10.4. The van der Waals surface area contributed by atoms with E-state index in [2.05, 4.69) is 58.1 Å². The SMILES string of the molecule is CCN1C[C@@H](c2ccccc2)CC2(CCN(Cc3cccnc3N)CC2)C1. The summed E-state index contributed by atoms with van der Waals surface area (Å²) in [6.45, 7) is 9.17. The van der Waals surface area contributed by atoms with E-state index in [1.807, 2.05) is 6.07 Å². The zero-order valence-electron chi connectivity index (χ0n) is 16.5. The summed E-state index contributed by atoms with van der Waals surface area (Å²) in [5.41, 5.74) is 9.19. The van der Waals surface area contributed by atoms with Crippen LogP contribution in [0.4, 0.5) is 5.82 Å². The number of pyridine rings is 1. The number of nitrogen functional groups attached to an aromatic ring is 1. The third kappa shape index (κ3) is 4.17. The van der Waals surface area contributed by atoms with E-state index in [0.717, 1.165) is 31.7 Å². The van der Waals surface area contributed by atoms with Gasteiger partial charge in [0.15, 0.2) is 0 Å². The lowest BCUT2D eigenvalue weighted by Crippen LogP contribution is -2.51. The maximum Gasteiger partial charge on any atom is 0.127 e. The van der Waals surface area contributed by atoms with Gasteiger partial charge in [0.05, 0.1) is 0 Å². The summed E-state index contributed by atoms with van der Waals surface area (Å²) in [6, 6.07) is 15.2. The van der Waals surface area contributed by atoms with Crippen molar-refractivity contribution in [2.75, 3.05) is 38.5 Å². The molecule has 2 aromatic rings. The van der Waals surface area contributed by atoms with E-state index < -0.39 is 0 Å². The van der Waals surface area contributed by atoms with Crippen LogP contribution in [-0.4, -0.2) is 47.5 Å². The molecule has 2 aliphatic rings. The van der Waals surface area contributed by atoms with E-state index in [4.69, 9.17) is 5.73 Å². The van der Waals surface area contributed by atoms with Crippen LogP contribution in [-0.2, 0) is 6.54 Å². The molecule has 1 spiro atoms. The monoisotopic (exact) mass is 364 g/mol. The van der Waals surface area contributed by atoms with Crippen LogP contribution >= 0.6 is 0 Å². The van der Waals surface area contributed by atoms with Gasteiger partial charge in [-0.05, 0) is 61.9 Å². The van der Waals surface area contributed by atoms with Crippen LogP contribution in [0.2, 0.25) is 0 Å². The number of nitrogens with zero attached hydrogens (tertiary/aromatic N) is 3. The van der Waals surface area contributed by atoms with E-state index in [-0.39, 0.29) is 0 Å². The Hall–Kier alpha value is -1.91. The Morgan fingerprint density at radius 3 is 2.56 bits per heavy atom. The molecule has 4 rings (SSSR count). The smallest absolute Gasteiger partial charge is 0.127 e. The zero-order chi connectivity index (χ0) is 18.7. The van der Waals surface area contributed by atoms with Crippen molar-refractivity contribution >= 4 is 5.82 Å². The minimum atomic E-state index is 0.464. The first-order valence-electron chi connectivity index (χ1n) is 10.4. The van der Waals surface area contributed by atoms with Crippen molar-refractivity contribution in [2.24, 2.45) is 5.41 Å². The highest BCUT2D eigenvalue weighted by atomic mass is 15.2. The van der Waals surface area contributed by atoms with Crippen molar-refractivity contribution in [2.45, 2.75) is 38.6 Å². The maximum absolute atomic E-state index is 6.05. The fourth-order valence-electron chi connectivity index (χ4n) is 5.06. The van der Waals surface area contributed by atoms with E-state index in [0.29, 0.717) is 17.2 Å². The van der Waals surface area contributed by atoms with Crippen LogP contribution in [0.15, 0.2) is 48.7 Å². The summed E-state index contributed by atoms with van der Waals surface area (Å²) in [6.07, 6.45) is 5.67. The topological polar surface area (TPSA) is 45.4 Å². The lowest BCUT2D eigenvalue weighted by Gasteiger charge is -2.50. The first kappa shape index (κ1) is 18.5. The number of likely N-dealkylation sites (tertiary alicyclic amines) is 2. The summed E-state index contributed by atoms with van der Waals surface area (Å²) in [7, 11) is 0. The van der Waals surface area contributed by atoms with Gasteiger partial charge in [-0.1, -0.05) is 43.3 Å². The largest absolute Gasteiger partial charge is 0.383 e. The average molecular weight is 365 g/mol. The highest BCUT2D eigenvalue weighted by Crippen LogP contribution is 2.45. The van der Waals surface area contributed by atoms with Gasteiger partial charge in [-0.2, -0.15) is 0 Å². The van der Waals surface area contributed by atoms with Gasteiger partial charge < -0.3 is 10.6 Å². The van der Waals surface area contributed by atoms with Crippen molar-refractivity contribution in [1.29, 1.82) is 0 Å². The van der Waals surface area contributed by atoms with Gasteiger partial charge in [-0.3, -0.25) is 4.90 Å². The summed E-state index contributed by atoms with van der Waals surface area (Å²) < 4.78 is 0. The number of benzene rings is 1. The average Bonchev–Trinajstić information content (AvgIpc) is 2.72. The molecular weight excluding hydrogens is 332 g/mol. The summed E-state index contributed by atoms with van der Waals surface area (Å²) >= 11 is 0. The summed E-state index contributed by atoms with van der Waals surface area (Å²) in [5.74, 6) is 1.34. The molecule has 3 heterocycles. The van der Waals surface area contributed by atoms with Crippen molar-refractivity contribution in [3.05, 3.63) is 59.8 Å². The van der Waals surface area contributed by atoms with Gasteiger partial charge in [-0.25, -0.2) is 4.98 Å². The van der Waals surface area contributed by atoms with Gasteiger partial charge in [0.2, 0.25) is 0 Å². The maximum atomic E-state index is 6.05. The van der Waals surface area contributed by atoms with Gasteiger partial charge in [0.1, 0.15) is 5.82 Å². The predicted octanol–water partition coefficient (Wildman–Crippen LogP) is 3.76. The lowest BCUT2D eigenvalue weighted by atomic mass is 9.68. The molecular formula is C23H32N4. The summed E-state index contributed by atoms with van der Waals surface area (Å²) in [5, 5.41) is 0. The Kier molecular flexibility index (Phi) is 5.46. The normalized spacial score (nSPS) is 23.5. The molecule has 2 saturated heterocycles. The van der Waals surface area contributed by atoms with Crippen molar-refractivity contribution in [3.8, 4) is 0 Å². The van der Waals surface area contributed by atoms with E-state index >= 15 is 0 Å². The molecule has 1 aromatic heterocycles. The van der Waals surface area contributed by atoms with Crippen molar-refractivity contribution in [3.63, 3.8) is 0 Å². The standard InChI is InChI=1S/C23H32N4/c1-2-26-17-21(19-7-4-3-5-8-19)15-23(18-26)10-13-27(14-11-23)16-20-9-6-12-25-22(20)24/h3-9,12,21H,2,10-11,13-18H2,1H3,(H2,24,25)/t21-/m0/s1. The quantitative estimate of drug-likeness (QED) is 0.897. The zero-order valence-corrected chi connectivity index (χ0v) is 16.5. The van der Waals surface area contributed by atoms with E-state index in [9.17, 15) is 0 Å². The fourth-order valence-corrected chi connectivity index (χ4v) is 5.06. The van der Waals surface area contributed by atoms with Crippen LogP contribution in [0.1, 0.15) is 43.2 Å². The second kappa shape index (κ2) is 7.99. The number of anilines is 1. The highest BCUT2D eigenvalue weighted by molar-refractivity contribution is 5.38. The molecule has 0 bridgehead atoms. The molecule has 1 aromatic carbocycles. The minimum absolute atomic E-state index is 0.464. The molecule has 2 aliphatic heterocycles. The molecule has 0 radical (unpaired) electrons. The van der Waals surface area contributed by atoms with Gasteiger partial charge in [0, 0.05) is 31.4 Å². The summed E-state index contributed by atoms with van der Waals surface area (Å²) in [4.78, 5) is 9.47. The molecule has 4 nitrogen and oxygen atoms in total. The van der Waals surface area contributed by atoms with Crippen LogP contribution in [0, 0.1) is 5.41 Å². The molecule has 144 valence electrons. The third-order valence-electron chi connectivity index (χ3n) is 6.67. The van der Waals surface area contributed by atoms with Crippen LogP contribution in [0.5, 0.6) is 0 Å². The minimum Gasteiger partial charge on any atom is -0.383 e. The van der Waals surface area contributed by atoms with E-state index in [1.54, 1.807) is 6.20 Å². The second-order valence-corrected chi connectivity index (χ2v) is 8.46. The van der Waals surface area contributed by atoms with E-state index in [1.165, 1.54) is 37.9 Å². The number of piperidine rings is 2. The molecule has 2 N–H and O–H groups in total. The fraction of sp³-hybridized carbons (Fsp3) is 0.522. The number of hydrogen-bond acceptors (Lipinski definition) is 4. The van der Waals surface area contributed by atoms with Crippen molar-refractivity contribution < 1.29 is 0 Å². The number of likely N-dealkylation sites (N-methyl/N-ethyl adjacent to an activating group) is 1. The Bertz CT molecular complexity index is 737. The highest BCUT2D eigenvalue weighted by Gasteiger charge is 2.41. The number of rotatable bonds is 4. The Morgan fingerprint density at radius 1 is 1.07 bits per heavy atom.